The predicted octanol–water partition coefficient (Wildman–Crippen LogP) is 6.80. The minimum absolute atomic E-state index is 0.269. The van der Waals surface area contributed by atoms with Crippen LogP contribution in [-0.4, -0.2) is 6.54 Å². The minimum atomic E-state index is -0.269. The zero-order chi connectivity index (χ0) is 18.8. The summed E-state index contributed by atoms with van der Waals surface area (Å²) in [4.78, 5) is 0. The van der Waals surface area contributed by atoms with E-state index in [9.17, 15) is 0 Å². The number of hydrogen-bond acceptors (Lipinski definition) is 2. The van der Waals surface area contributed by atoms with Gasteiger partial charge in [0.15, 0.2) is 0 Å². The fourth-order valence-electron chi connectivity index (χ4n) is 3.48. The van der Waals surface area contributed by atoms with Gasteiger partial charge in [-0.25, -0.2) is 0 Å². The Labute approximate surface area is 168 Å². The normalized spacial score (nSPS) is 11.4. The molecule has 0 fully saturated rings. The van der Waals surface area contributed by atoms with E-state index in [4.69, 9.17) is 0 Å². The highest BCUT2D eigenvalue weighted by Gasteiger charge is 2.37. The Kier molecular flexibility index (Phi) is 7.55. The average Bonchev–Trinajstić information content (AvgIpc) is 2.75. The fourth-order valence-corrected chi connectivity index (χ4v) is 4.70. The molecule has 140 valence electrons. The first-order valence-electron chi connectivity index (χ1n) is 9.95. The molecule has 0 aliphatic heterocycles. The lowest BCUT2D eigenvalue weighted by atomic mass is 9.84. The maximum Gasteiger partial charge on any atom is 0.105 e. The molecule has 0 aliphatic carbocycles. The number of hydrogen-bond donors (Lipinski definition) is 1. The van der Waals surface area contributed by atoms with Crippen LogP contribution < -0.4 is 4.72 Å². The van der Waals surface area contributed by atoms with Crippen molar-refractivity contribution in [2.45, 2.75) is 37.4 Å². The third kappa shape index (κ3) is 4.82. The first-order valence-corrected chi connectivity index (χ1v) is 10.8. The van der Waals surface area contributed by atoms with Crippen LogP contribution in [0.1, 0.15) is 49.3 Å². The lowest BCUT2D eigenvalue weighted by Gasteiger charge is -2.35. The summed E-state index contributed by atoms with van der Waals surface area (Å²) in [6, 6.07) is 32.5. The van der Waals surface area contributed by atoms with Gasteiger partial charge in [-0.05, 0) is 23.1 Å². The van der Waals surface area contributed by atoms with Crippen molar-refractivity contribution in [1.82, 2.24) is 4.72 Å². The van der Waals surface area contributed by atoms with Gasteiger partial charge in [0.25, 0.3) is 0 Å². The Morgan fingerprint density at radius 3 is 1.48 bits per heavy atom. The molecule has 0 saturated heterocycles. The summed E-state index contributed by atoms with van der Waals surface area (Å²) < 4.78 is 3.43. The van der Waals surface area contributed by atoms with E-state index >= 15 is 0 Å². The quantitative estimate of drug-likeness (QED) is 0.238. The van der Waals surface area contributed by atoms with Crippen LogP contribution in [-0.2, 0) is 4.75 Å². The Morgan fingerprint density at radius 2 is 1.07 bits per heavy atom. The number of unbranched alkanes of at least 4 members (excludes halogenated alkanes) is 3. The van der Waals surface area contributed by atoms with Crippen molar-refractivity contribution < 1.29 is 0 Å². The first-order chi connectivity index (χ1) is 13.4. The van der Waals surface area contributed by atoms with Gasteiger partial charge in [0.1, 0.15) is 4.75 Å². The molecular formula is C25H29NS. The fraction of sp³-hybridized carbons (Fsp3) is 0.280. The van der Waals surface area contributed by atoms with E-state index < -0.39 is 0 Å². The maximum atomic E-state index is 3.70. The van der Waals surface area contributed by atoms with Crippen molar-refractivity contribution in [2.24, 2.45) is 0 Å². The predicted molar refractivity (Wildman–Crippen MR) is 119 cm³/mol. The molecule has 3 rings (SSSR count). The topological polar surface area (TPSA) is 12.0 Å². The van der Waals surface area contributed by atoms with Crippen molar-refractivity contribution in [3.8, 4) is 0 Å². The van der Waals surface area contributed by atoms with Gasteiger partial charge in [-0.1, -0.05) is 129 Å². The molecule has 0 aliphatic rings. The van der Waals surface area contributed by atoms with Crippen LogP contribution in [0.2, 0.25) is 0 Å². The van der Waals surface area contributed by atoms with Gasteiger partial charge in [-0.2, -0.15) is 0 Å². The summed E-state index contributed by atoms with van der Waals surface area (Å²) in [5.41, 5.74) is 3.90. The molecular weight excluding hydrogens is 346 g/mol. The van der Waals surface area contributed by atoms with Crippen LogP contribution in [0.15, 0.2) is 91.0 Å². The summed E-state index contributed by atoms with van der Waals surface area (Å²) in [5, 5.41) is 0. The molecule has 1 N–H and O–H groups in total. The highest BCUT2D eigenvalue weighted by atomic mass is 32.2. The maximum absolute atomic E-state index is 3.70. The van der Waals surface area contributed by atoms with Gasteiger partial charge in [0, 0.05) is 6.54 Å². The van der Waals surface area contributed by atoms with E-state index in [1.165, 1.54) is 42.4 Å². The van der Waals surface area contributed by atoms with Crippen LogP contribution >= 0.6 is 11.9 Å². The molecule has 0 atom stereocenters. The molecule has 0 unspecified atom stereocenters. The monoisotopic (exact) mass is 375 g/mol. The molecule has 0 spiro atoms. The van der Waals surface area contributed by atoms with Crippen LogP contribution in [0.4, 0.5) is 0 Å². The highest BCUT2D eigenvalue weighted by Crippen LogP contribution is 2.46. The second-order valence-corrected chi connectivity index (χ2v) is 7.94. The molecule has 0 heterocycles. The molecule has 0 saturated carbocycles. The second-order valence-electron chi connectivity index (χ2n) is 6.84. The number of nitrogens with one attached hydrogen (secondary N) is 1. The largest absolute Gasteiger partial charge is 0.263 e. The van der Waals surface area contributed by atoms with Crippen LogP contribution in [0.25, 0.3) is 0 Å². The summed E-state index contributed by atoms with van der Waals surface area (Å²) in [6.45, 7) is 3.28. The van der Waals surface area contributed by atoms with Gasteiger partial charge in [0.05, 0.1) is 0 Å². The number of rotatable bonds is 10. The molecule has 27 heavy (non-hydrogen) atoms. The third-order valence-electron chi connectivity index (χ3n) is 4.90. The lowest BCUT2D eigenvalue weighted by molar-refractivity contribution is 0.661. The molecule has 0 radical (unpaired) electrons. The smallest absolute Gasteiger partial charge is 0.105 e. The molecule has 0 bridgehead atoms. The lowest BCUT2D eigenvalue weighted by Crippen LogP contribution is -2.29. The third-order valence-corrected chi connectivity index (χ3v) is 6.26. The zero-order valence-corrected chi connectivity index (χ0v) is 16.9. The first kappa shape index (κ1) is 19.7. The van der Waals surface area contributed by atoms with E-state index in [1.807, 2.05) is 11.9 Å². The Bertz CT molecular complexity index is 675. The number of benzene rings is 3. The average molecular weight is 376 g/mol. The summed E-state index contributed by atoms with van der Waals surface area (Å²) in [5.74, 6) is 0. The van der Waals surface area contributed by atoms with E-state index in [0.29, 0.717) is 0 Å². The minimum Gasteiger partial charge on any atom is -0.263 e. The van der Waals surface area contributed by atoms with E-state index in [1.54, 1.807) is 0 Å². The Hall–Kier alpha value is -2.03. The summed E-state index contributed by atoms with van der Waals surface area (Å²) in [7, 11) is 0. The second kappa shape index (κ2) is 10.3. The van der Waals surface area contributed by atoms with Crippen molar-refractivity contribution in [2.75, 3.05) is 6.54 Å². The van der Waals surface area contributed by atoms with Crippen LogP contribution in [0.3, 0.4) is 0 Å². The van der Waals surface area contributed by atoms with Gasteiger partial charge in [-0.15, -0.1) is 0 Å². The van der Waals surface area contributed by atoms with Crippen molar-refractivity contribution in [3.63, 3.8) is 0 Å². The van der Waals surface area contributed by atoms with E-state index in [0.717, 1.165) is 6.54 Å². The van der Waals surface area contributed by atoms with Crippen LogP contribution in [0.5, 0.6) is 0 Å². The van der Waals surface area contributed by atoms with Crippen LogP contribution in [0, 0.1) is 0 Å². The molecule has 0 amide bonds. The molecule has 1 nitrogen and oxygen atoms in total. The van der Waals surface area contributed by atoms with E-state index in [-0.39, 0.29) is 4.75 Å². The molecule has 2 heteroatoms. The van der Waals surface area contributed by atoms with Gasteiger partial charge >= 0.3 is 0 Å². The van der Waals surface area contributed by atoms with Gasteiger partial charge < -0.3 is 0 Å². The SMILES string of the molecule is CCCCCCNSC(c1ccccc1)(c1ccccc1)c1ccccc1. The Balaban J connectivity index is 1.98. The van der Waals surface area contributed by atoms with Gasteiger partial charge in [0.2, 0.25) is 0 Å². The highest BCUT2D eigenvalue weighted by molar-refractivity contribution is 7.98. The molecule has 0 aromatic heterocycles. The Morgan fingerprint density at radius 1 is 0.630 bits per heavy atom. The van der Waals surface area contributed by atoms with Crippen molar-refractivity contribution in [1.29, 1.82) is 0 Å². The van der Waals surface area contributed by atoms with Crippen molar-refractivity contribution in [3.05, 3.63) is 108 Å². The van der Waals surface area contributed by atoms with Crippen molar-refractivity contribution >= 4 is 11.9 Å². The summed E-state index contributed by atoms with van der Waals surface area (Å²) >= 11 is 1.84. The van der Waals surface area contributed by atoms with E-state index in [2.05, 4.69) is 103 Å². The summed E-state index contributed by atoms with van der Waals surface area (Å²) in [6.07, 6.45) is 5.09. The molecule has 3 aromatic carbocycles. The van der Waals surface area contributed by atoms with Gasteiger partial charge in [-0.3, -0.25) is 4.72 Å². The zero-order valence-electron chi connectivity index (χ0n) is 16.1. The standard InChI is InChI=1S/C25H29NS/c1-2-3-4-14-21-26-27-25(22-15-8-5-9-16-22,23-17-10-6-11-18-23)24-19-12-7-13-20-24/h5-13,15-20,26H,2-4,14,21H2,1H3. The molecule has 3 aromatic rings.